The molecule has 0 spiro atoms. The highest BCUT2D eigenvalue weighted by Crippen LogP contribution is 2.27. The topological polar surface area (TPSA) is 138 Å². The molecule has 0 bridgehead atoms. The average Bonchev–Trinajstić information content (AvgIpc) is 2.77. The number of hydrogen-bond donors (Lipinski definition) is 3. The first-order valence-corrected chi connectivity index (χ1v) is 10.1. The number of aliphatic carboxylic acids is 1. The van der Waals surface area contributed by atoms with Crippen molar-refractivity contribution in [1.82, 2.24) is 4.57 Å². The number of hydrogen-bond acceptors (Lipinski definition) is 6. The number of nitrogens with two attached hydrogens (primary N) is 2. The number of nitrogen functional groups attached to an aromatic ring is 1. The Morgan fingerprint density at radius 3 is 2.20 bits per heavy atom. The highest BCUT2D eigenvalue weighted by atomic mass is 19.1. The van der Waals surface area contributed by atoms with Crippen LogP contribution in [0.1, 0.15) is 28.8 Å². The zero-order valence-electron chi connectivity index (χ0n) is 17.9. The summed E-state index contributed by atoms with van der Waals surface area (Å²) in [4.78, 5) is 35.8. The van der Waals surface area contributed by atoms with Gasteiger partial charge >= 0.3 is 5.97 Å². The number of rotatable bonds is 9. The number of ketones is 1. The van der Waals surface area contributed by atoms with Gasteiger partial charge in [0.15, 0.2) is 17.4 Å². The summed E-state index contributed by atoms with van der Waals surface area (Å²) in [5.74, 6) is -7.77. The van der Waals surface area contributed by atoms with Gasteiger partial charge in [0.2, 0.25) is 0 Å². The van der Waals surface area contributed by atoms with Gasteiger partial charge in [-0.1, -0.05) is 0 Å². The Bertz CT molecular complexity index is 1340. The monoisotopic (exact) mass is 493 g/mol. The molecule has 1 aromatic heterocycles. The molecule has 184 valence electrons. The van der Waals surface area contributed by atoms with E-state index in [9.17, 15) is 31.9 Å². The SMILES string of the molecule is Nc1c(C(=O)c2ccc(F)cc2F)ccc(=O)n1-c1c(F)cc(OCCC[C@H](N)C(=O)O)cc1F. The first-order valence-electron chi connectivity index (χ1n) is 10.1. The molecule has 1 atom stereocenters. The predicted molar refractivity (Wildman–Crippen MR) is 116 cm³/mol. The summed E-state index contributed by atoms with van der Waals surface area (Å²) in [7, 11) is 0. The fourth-order valence-electron chi connectivity index (χ4n) is 3.25. The number of anilines is 1. The number of nitrogens with zero attached hydrogens (tertiary/aromatic N) is 1. The summed E-state index contributed by atoms with van der Waals surface area (Å²) in [6, 6.07) is 4.42. The summed E-state index contributed by atoms with van der Waals surface area (Å²) in [6.45, 7) is -0.0888. The maximum Gasteiger partial charge on any atom is 0.320 e. The van der Waals surface area contributed by atoms with Gasteiger partial charge in [-0.2, -0.15) is 0 Å². The van der Waals surface area contributed by atoms with Gasteiger partial charge in [-0.05, 0) is 31.0 Å². The Hall–Kier alpha value is -4.19. The average molecular weight is 493 g/mol. The van der Waals surface area contributed by atoms with Gasteiger partial charge in [-0.15, -0.1) is 0 Å². The fourth-order valence-corrected chi connectivity index (χ4v) is 3.25. The molecule has 3 rings (SSSR count). The van der Waals surface area contributed by atoms with E-state index in [0.29, 0.717) is 10.6 Å². The van der Waals surface area contributed by atoms with Crippen LogP contribution < -0.4 is 21.8 Å². The minimum atomic E-state index is -1.26. The number of ether oxygens (including phenoxy) is 1. The summed E-state index contributed by atoms with van der Waals surface area (Å²) in [5.41, 5.74) is 8.36. The third-order valence-corrected chi connectivity index (χ3v) is 5.01. The summed E-state index contributed by atoms with van der Waals surface area (Å²) < 4.78 is 62.6. The van der Waals surface area contributed by atoms with Gasteiger partial charge in [0.25, 0.3) is 5.56 Å². The molecule has 0 aliphatic carbocycles. The minimum Gasteiger partial charge on any atom is -0.493 e. The van der Waals surface area contributed by atoms with Gasteiger partial charge in [0.05, 0.1) is 17.7 Å². The third kappa shape index (κ3) is 5.49. The third-order valence-electron chi connectivity index (χ3n) is 5.01. The molecule has 0 unspecified atom stereocenters. The lowest BCUT2D eigenvalue weighted by molar-refractivity contribution is -0.138. The normalized spacial score (nSPS) is 11.8. The van der Waals surface area contributed by atoms with Crippen molar-refractivity contribution in [1.29, 1.82) is 0 Å². The number of carbonyl (C=O) groups excluding carboxylic acids is 1. The molecule has 0 aliphatic heterocycles. The summed E-state index contributed by atoms with van der Waals surface area (Å²) >= 11 is 0. The Morgan fingerprint density at radius 2 is 1.60 bits per heavy atom. The molecular formula is C23H19F4N3O5. The quantitative estimate of drug-likeness (QED) is 0.237. The lowest BCUT2D eigenvalue weighted by Gasteiger charge is -2.16. The molecule has 0 fully saturated rings. The maximum atomic E-state index is 14.8. The number of carboxylic acids is 1. The van der Waals surface area contributed by atoms with E-state index < -0.39 is 69.3 Å². The van der Waals surface area contributed by atoms with Crippen LogP contribution in [0.5, 0.6) is 5.75 Å². The van der Waals surface area contributed by atoms with Crippen LogP contribution in [-0.4, -0.2) is 34.1 Å². The molecule has 0 saturated heterocycles. The Balaban J connectivity index is 1.93. The lowest BCUT2D eigenvalue weighted by Crippen LogP contribution is -2.30. The van der Waals surface area contributed by atoms with E-state index >= 15 is 0 Å². The minimum absolute atomic E-state index is 0.0692. The smallest absolute Gasteiger partial charge is 0.320 e. The molecule has 5 N–H and O–H groups in total. The van der Waals surface area contributed by atoms with E-state index in [-0.39, 0.29) is 25.2 Å². The maximum absolute atomic E-state index is 14.8. The Morgan fingerprint density at radius 1 is 0.971 bits per heavy atom. The molecule has 1 heterocycles. The molecule has 0 aliphatic rings. The van der Waals surface area contributed by atoms with E-state index in [2.05, 4.69) is 0 Å². The first-order chi connectivity index (χ1) is 16.5. The molecular weight excluding hydrogens is 474 g/mol. The molecule has 12 heteroatoms. The van der Waals surface area contributed by atoms with Gasteiger partial charge in [0.1, 0.15) is 34.9 Å². The number of carbonyl (C=O) groups is 2. The van der Waals surface area contributed by atoms with Crippen LogP contribution in [0, 0.1) is 23.3 Å². The number of benzene rings is 2. The van der Waals surface area contributed by atoms with E-state index in [0.717, 1.165) is 36.4 Å². The van der Waals surface area contributed by atoms with Crippen molar-refractivity contribution in [3.05, 3.63) is 87.2 Å². The van der Waals surface area contributed by atoms with Gasteiger partial charge in [-0.25, -0.2) is 17.6 Å². The van der Waals surface area contributed by atoms with Gasteiger partial charge in [0, 0.05) is 24.3 Å². The molecule has 3 aromatic rings. The van der Waals surface area contributed by atoms with Crippen molar-refractivity contribution >= 4 is 17.6 Å². The second-order valence-corrected chi connectivity index (χ2v) is 7.43. The van der Waals surface area contributed by atoms with Crippen LogP contribution >= 0.6 is 0 Å². The second-order valence-electron chi connectivity index (χ2n) is 7.43. The lowest BCUT2D eigenvalue weighted by atomic mass is 10.0. The van der Waals surface area contributed by atoms with Crippen LogP contribution in [0.4, 0.5) is 23.4 Å². The fraction of sp³-hybridized carbons (Fsp3) is 0.174. The molecule has 0 saturated carbocycles. The van der Waals surface area contributed by atoms with Gasteiger partial charge in [-0.3, -0.25) is 19.0 Å². The number of carboxylic acid groups (broad SMARTS) is 1. The van der Waals surface area contributed by atoms with Crippen molar-refractivity contribution in [2.24, 2.45) is 5.73 Å². The zero-order valence-corrected chi connectivity index (χ0v) is 17.9. The Kier molecular flexibility index (Phi) is 7.55. The van der Waals surface area contributed by atoms with Crippen molar-refractivity contribution < 1.29 is 37.0 Å². The van der Waals surface area contributed by atoms with E-state index in [1.54, 1.807) is 0 Å². The molecule has 8 nitrogen and oxygen atoms in total. The van der Waals surface area contributed by atoms with Crippen LogP contribution in [-0.2, 0) is 4.79 Å². The number of aromatic nitrogens is 1. The first kappa shape index (κ1) is 25.4. The molecule has 2 aromatic carbocycles. The number of pyridine rings is 1. The van der Waals surface area contributed by atoms with Crippen molar-refractivity contribution in [2.75, 3.05) is 12.3 Å². The van der Waals surface area contributed by atoms with Crippen molar-refractivity contribution in [3.8, 4) is 11.4 Å². The molecule has 0 amide bonds. The van der Waals surface area contributed by atoms with Crippen LogP contribution in [0.3, 0.4) is 0 Å². The highest BCUT2D eigenvalue weighted by molar-refractivity contribution is 6.11. The van der Waals surface area contributed by atoms with Crippen LogP contribution in [0.25, 0.3) is 5.69 Å². The zero-order chi connectivity index (χ0) is 25.9. The number of halogens is 4. The largest absolute Gasteiger partial charge is 0.493 e. The molecule has 35 heavy (non-hydrogen) atoms. The summed E-state index contributed by atoms with van der Waals surface area (Å²) in [5, 5.41) is 8.74. The van der Waals surface area contributed by atoms with Crippen molar-refractivity contribution in [3.63, 3.8) is 0 Å². The summed E-state index contributed by atoms with van der Waals surface area (Å²) in [6.07, 6.45) is 0.259. The van der Waals surface area contributed by atoms with Crippen molar-refractivity contribution in [2.45, 2.75) is 18.9 Å². The van der Waals surface area contributed by atoms with E-state index in [1.807, 2.05) is 0 Å². The van der Waals surface area contributed by atoms with E-state index in [1.165, 1.54) is 0 Å². The van der Waals surface area contributed by atoms with Crippen LogP contribution in [0.2, 0.25) is 0 Å². The second kappa shape index (κ2) is 10.4. The molecule has 0 radical (unpaired) electrons. The highest BCUT2D eigenvalue weighted by Gasteiger charge is 2.23. The van der Waals surface area contributed by atoms with E-state index in [4.69, 9.17) is 21.3 Å². The standard InChI is InChI=1S/C23H19F4N3O5/c24-11-3-4-13(15(25)8-11)21(32)14-5-6-19(31)30(22(14)29)20-16(26)9-12(10-17(20)27)35-7-1-2-18(28)23(33)34/h3-6,8-10,18H,1-2,7,28-29H2,(H,33,34)/t18-/m0/s1. The van der Waals surface area contributed by atoms with Gasteiger partial charge < -0.3 is 21.3 Å². The Labute approximate surface area is 195 Å². The predicted octanol–water partition coefficient (Wildman–Crippen LogP) is 2.78. The van der Waals surface area contributed by atoms with Crippen LogP contribution in [0.15, 0.2) is 47.3 Å².